The summed E-state index contributed by atoms with van der Waals surface area (Å²) in [4.78, 5) is 4.39. The molecule has 2 nitrogen and oxygen atoms in total. The van der Waals surface area contributed by atoms with Crippen LogP contribution in [-0.2, 0) is 0 Å². The zero-order chi connectivity index (χ0) is 16.9. The highest BCUT2D eigenvalue weighted by Crippen LogP contribution is 2.40. The Morgan fingerprint density at radius 3 is 2.38 bits per heavy atom. The lowest BCUT2D eigenvalue weighted by molar-refractivity contribution is 0.196. The molecule has 0 amide bonds. The van der Waals surface area contributed by atoms with Crippen LogP contribution in [-0.4, -0.2) is 19.9 Å². The van der Waals surface area contributed by atoms with Gasteiger partial charge in [-0.15, -0.1) is 11.8 Å². The van der Waals surface area contributed by atoms with Crippen molar-refractivity contribution in [3.05, 3.63) is 72.4 Å². The van der Waals surface area contributed by atoms with E-state index in [4.69, 9.17) is 0 Å². The lowest BCUT2D eigenvalue weighted by atomic mass is 10.0. The number of aliphatic hydroxyl groups is 1. The number of aromatic nitrogens is 1. The number of nitrogens with zero attached hydrogens (tertiary/aromatic N) is 1. The summed E-state index contributed by atoms with van der Waals surface area (Å²) in [5.41, 5.74) is 0.954. The summed E-state index contributed by atoms with van der Waals surface area (Å²) in [6.45, 7) is 4.31. The molecule has 0 unspecified atom stereocenters. The molecule has 3 rings (SSSR count). The second kappa shape index (κ2) is 8.06. The predicted molar refractivity (Wildman–Crippen MR) is 106 cm³/mol. The highest BCUT2D eigenvalue weighted by atomic mass is 32.2. The highest BCUT2D eigenvalue weighted by Gasteiger charge is 2.24. The van der Waals surface area contributed by atoms with Crippen LogP contribution in [0.4, 0.5) is 0 Å². The van der Waals surface area contributed by atoms with E-state index in [1.54, 1.807) is 29.7 Å². The third-order valence-corrected chi connectivity index (χ3v) is 6.32. The Hall–Kier alpha value is -1.49. The maximum absolute atomic E-state index is 11.0. The molecule has 2 aromatic carbocycles. The third-order valence-electron chi connectivity index (χ3n) is 3.65. The molecule has 1 heterocycles. The van der Waals surface area contributed by atoms with Crippen LogP contribution in [0.5, 0.6) is 0 Å². The average Bonchev–Trinajstić information content (AvgIpc) is 2.60. The van der Waals surface area contributed by atoms with Gasteiger partial charge in [0.25, 0.3) is 0 Å². The first-order valence-corrected chi connectivity index (χ1v) is 9.85. The quantitative estimate of drug-likeness (QED) is 0.466. The second-order valence-electron chi connectivity index (χ2n) is 5.89. The van der Waals surface area contributed by atoms with E-state index >= 15 is 0 Å². The van der Waals surface area contributed by atoms with Gasteiger partial charge in [-0.2, -0.15) is 0 Å². The van der Waals surface area contributed by atoms with Crippen molar-refractivity contribution in [1.29, 1.82) is 0 Å². The topological polar surface area (TPSA) is 33.1 Å². The van der Waals surface area contributed by atoms with Crippen LogP contribution in [0.2, 0.25) is 0 Å². The van der Waals surface area contributed by atoms with Crippen molar-refractivity contribution in [2.45, 2.75) is 34.8 Å². The first kappa shape index (κ1) is 17.3. The van der Waals surface area contributed by atoms with Crippen LogP contribution in [0, 0.1) is 0 Å². The van der Waals surface area contributed by atoms with Gasteiger partial charge in [-0.3, -0.25) is 0 Å². The minimum Gasteiger partial charge on any atom is -0.386 e. The Balaban J connectivity index is 1.87. The van der Waals surface area contributed by atoms with Crippen LogP contribution < -0.4 is 0 Å². The summed E-state index contributed by atoms with van der Waals surface area (Å²) in [6.07, 6.45) is 1.25. The number of hydrogen-bond donors (Lipinski definition) is 1. The zero-order valence-electron chi connectivity index (χ0n) is 13.8. The molecular formula is C20H21NOS2. The van der Waals surface area contributed by atoms with Gasteiger partial charge in [-0.1, -0.05) is 68.1 Å². The van der Waals surface area contributed by atoms with Gasteiger partial charge in [0.05, 0.1) is 9.61 Å². The molecule has 124 valence electrons. The SMILES string of the molecule is CC(C)S[C@@H](Sc1ccccn1)[C@H](O)c1ccc2ccccc2c1. The van der Waals surface area contributed by atoms with E-state index in [-0.39, 0.29) is 4.58 Å². The van der Waals surface area contributed by atoms with Gasteiger partial charge in [-0.05, 0) is 34.5 Å². The van der Waals surface area contributed by atoms with Gasteiger partial charge in [0, 0.05) is 11.4 Å². The zero-order valence-corrected chi connectivity index (χ0v) is 15.4. The largest absolute Gasteiger partial charge is 0.386 e. The van der Waals surface area contributed by atoms with E-state index in [1.807, 2.05) is 36.4 Å². The van der Waals surface area contributed by atoms with Crippen LogP contribution in [0.15, 0.2) is 71.9 Å². The summed E-state index contributed by atoms with van der Waals surface area (Å²) in [5, 5.41) is 14.7. The lowest BCUT2D eigenvalue weighted by Gasteiger charge is -2.24. The summed E-state index contributed by atoms with van der Waals surface area (Å²) in [7, 11) is 0. The van der Waals surface area contributed by atoms with E-state index in [0.29, 0.717) is 5.25 Å². The molecule has 24 heavy (non-hydrogen) atoms. The molecule has 0 aliphatic heterocycles. The number of pyridine rings is 1. The Morgan fingerprint density at radius 1 is 0.917 bits per heavy atom. The molecule has 0 spiro atoms. The van der Waals surface area contributed by atoms with Crippen molar-refractivity contribution in [3.63, 3.8) is 0 Å². The highest BCUT2D eigenvalue weighted by molar-refractivity contribution is 8.17. The number of fused-ring (bicyclic) bond motifs is 1. The smallest absolute Gasteiger partial charge is 0.100 e. The van der Waals surface area contributed by atoms with Crippen LogP contribution in [0.25, 0.3) is 10.8 Å². The molecule has 2 atom stereocenters. The maximum Gasteiger partial charge on any atom is 0.100 e. The van der Waals surface area contributed by atoms with Crippen molar-refractivity contribution < 1.29 is 5.11 Å². The number of thioether (sulfide) groups is 2. The van der Waals surface area contributed by atoms with E-state index in [1.165, 1.54) is 5.39 Å². The molecule has 0 radical (unpaired) electrons. The molecule has 0 bridgehead atoms. The fourth-order valence-electron chi connectivity index (χ4n) is 2.52. The average molecular weight is 356 g/mol. The minimum atomic E-state index is -0.547. The van der Waals surface area contributed by atoms with Crippen molar-refractivity contribution in [1.82, 2.24) is 4.98 Å². The minimum absolute atomic E-state index is 0.000984. The number of rotatable bonds is 6. The molecule has 0 fully saturated rings. The number of hydrogen-bond acceptors (Lipinski definition) is 4. The lowest BCUT2D eigenvalue weighted by Crippen LogP contribution is -2.14. The monoisotopic (exact) mass is 355 g/mol. The van der Waals surface area contributed by atoms with E-state index < -0.39 is 6.10 Å². The number of aliphatic hydroxyl groups excluding tert-OH is 1. The summed E-state index contributed by atoms with van der Waals surface area (Å²) in [6, 6.07) is 20.3. The fraction of sp³-hybridized carbons (Fsp3) is 0.250. The Bertz CT molecular complexity index is 792. The molecule has 4 heteroatoms. The molecule has 1 aromatic heterocycles. The van der Waals surface area contributed by atoms with Crippen LogP contribution >= 0.6 is 23.5 Å². The molecule has 3 aromatic rings. The van der Waals surface area contributed by atoms with Gasteiger partial charge in [0.15, 0.2) is 0 Å². The van der Waals surface area contributed by atoms with Crippen LogP contribution in [0.3, 0.4) is 0 Å². The van der Waals surface area contributed by atoms with Crippen molar-refractivity contribution in [3.8, 4) is 0 Å². The van der Waals surface area contributed by atoms with Gasteiger partial charge in [0.2, 0.25) is 0 Å². The third kappa shape index (κ3) is 4.32. The van der Waals surface area contributed by atoms with Crippen molar-refractivity contribution in [2.24, 2.45) is 0 Å². The maximum atomic E-state index is 11.0. The number of benzene rings is 2. The molecule has 0 saturated heterocycles. The molecular weight excluding hydrogens is 334 g/mol. The second-order valence-corrected chi connectivity index (χ2v) is 9.07. The first-order chi connectivity index (χ1) is 11.6. The summed E-state index contributed by atoms with van der Waals surface area (Å²) in [5.74, 6) is 0. The van der Waals surface area contributed by atoms with Gasteiger partial charge < -0.3 is 5.11 Å². The Morgan fingerprint density at radius 2 is 1.67 bits per heavy atom. The van der Waals surface area contributed by atoms with Gasteiger partial charge >= 0.3 is 0 Å². The standard InChI is InChI=1S/C20H21NOS2/c1-14(2)23-20(24-18-9-5-6-12-21-18)19(22)17-11-10-15-7-3-4-8-16(15)13-17/h3-14,19-20,22H,1-2H3/t19-,20+/m1/s1. The molecule has 0 aliphatic rings. The van der Waals surface area contributed by atoms with Gasteiger partial charge in [0.1, 0.15) is 6.10 Å². The summed E-state index contributed by atoms with van der Waals surface area (Å²) >= 11 is 3.40. The Labute approximate surface area is 151 Å². The van der Waals surface area contributed by atoms with Crippen LogP contribution in [0.1, 0.15) is 25.5 Å². The fourth-order valence-corrected chi connectivity index (χ4v) is 5.35. The molecule has 0 saturated carbocycles. The van der Waals surface area contributed by atoms with Crippen molar-refractivity contribution >= 4 is 34.3 Å². The van der Waals surface area contributed by atoms with Crippen molar-refractivity contribution in [2.75, 3.05) is 0 Å². The Kier molecular flexibility index (Phi) is 5.82. The van der Waals surface area contributed by atoms with Gasteiger partial charge in [-0.25, -0.2) is 4.98 Å². The summed E-state index contributed by atoms with van der Waals surface area (Å²) < 4.78 is 0.000984. The molecule has 1 N–H and O–H groups in total. The van der Waals surface area contributed by atoms with E-state index in [9.17, 15) is 5.11 Å². The van der Waals surface area contributed by atoms with E-state index in [0.717, 1.165) is 16.0 Å². The van der Waals surface area contributed by atoms with E-state index in [2.05, 4.69) is 43.1 Å². The predicted octanol–water partition coefficient (Wildman–Crippen LogP) is 5.53. The normalized spacial score (nSPS) is 14.0. The molecule has 0 aliphatic carbocycles. The first-order valence-electron chi connectivity index (χ1n) is 8.03.